The van der Waals surface area contributed by atoms with Crippen LogP contribution in [-0.4, -0.2) is 65.9 Å². The van der Waals surface area contributed by atoms with E-state index in [0.29, 0.717) is 39.6 Å². The van der Waals surface area contributed by atoms with Crippen molar-refractivity contribution in [1.82, 2.24) is 0 Å². The number of methoxy groups -OCH3 is 1. The monoisotopic (exact) mass is 287 g/mol. The lowest BCUT2D eigenvalue weighted by Gasteiger charge is -2.07. The number of nitrogens with zero attached hydrogens (tertiary/aromatic N) is 1. The van der Waals surface area contributed by atoms with E-state index in [1.807, 2.05) is 0 Å². The van der Waals surface area contributed by atoms with E-state index >= 15 is 0 Å². The van der Waals surface area contributed by atoms with Crippen molar-refractivity contribution in [2.24, 2.45) is 0 Å². The molecule has 0 aromatic rings. The highest BCUT2D eigenvalue weighted by molar-refractivity contribution is 5.91. The van der Waals surface area contributed by atoms with Crippen molar-refractivity contribution >= 4 is 5.97 Å². The Kier molecular flexibility index (Phi) is 12.9. The summed E-state index contributed by atoms with van der Waals surface area (Å²) in [6.45, 7) is 6.52. The van der Waals surface area contributed by atoms with Crippen molar-refractivity contribution in [2.45, 2.75) is 0 Å². The van der Waals surface area contributed by atoms with Gasteiger partial charge < -0.3 is 23.7 Å². The molecule has 0 fully saturated rings. The minimum absolute atomic E-state index is 0.0830. The van der Waals surface area contributed by atoms with Crippen molar-refractivity contribution in [3.8, 4) is 6.07 Å². The van der Waals surface area contributed by atoms with Crippen LogP contribution >= 0.6 is 0 Å². The Hall–Kier alpha value is -1.46. The molecule has 0 amide bonds. The Morgan fingerprint density at radius 1 is 0.950 bits per heavy atom. The van der Waals surface area contributed by atoms with Crippen molar-refractivity contribution in [3.63, 3.8) is 0 Å². The van der Waals surface area contributed by atoms with Gasteiger partial charge in [0.15, 0.2) is 0 Å². The quantitative estimate of drug-likeness (QED) is 0.208. The SMILES string of the molecule is C=C(C#N)C(=O)OCCOCCOCCOCCOC. The highest BCUT2D eigenvalue weighted by Crippen LogP contribution is 1.91. The fourth-order valence-corrected chi connectivity index (χ4v) is 1.01. The lowest BCUT2D eigenvalue weighted by molar-refractivity contribution is -0.140. The standard InChI is InChI=1S/C13H21NO6/c1-12(11-14)13(15)20-10-9-19-8-7-18-6-5-17-4-3-16-2/h1,3-10H2,2H3. The fourth-order valence-electron chi connectivity index (χ4n) is 1.01. The van der Waals surface area contributed by atoms with E-state index in [2.05, 4.69) is 6.58 Å². The Labute approximate surface area is 119 Å². The molecule has 7 heteroatoms. The Balaban J connectivity index is 3.16. The first-order valence-corrected chi connectivity index (χ1v) is 6.20. The number of carbonyl (C=O) groups excluding carboxylic acids is 1. The summed E-state index contributed by atoms with van der Waals surface area (Å²) >= 11 is 0. The third kappa shape index (κ3) is 11.6. The van der Waals surface area contributed by atoms with E-state index in [1.165, 1.54) is 0 Å². The van der Waals surface area contributed by atoms with Gasteiger partial charge in [0.1, 0.15) is 18.2 Å². The van der Waals surface area contributed by atoms with Gasteiger partial charge in [-0.3, -0.25) is 0 Å². The molecule has 0 atom stereocenters. The van der Waals surface area contributed by atoms with Crippen molar-refractivity contribution in [1.29, 1.82) is 5.26 Å². The molecule has 0 rings (SSSR count). The number of esters is 1. The van der Waals surface area contributed by atoms with E-state index in [-0.39, 0.29) is 18.8 Å². The summed E-state index contributed by atoms with van der Waals surface area (Å²) in [5, 5.41) is 8.38. The molecule has 114 valence electrons. The molecule has 20 heavy (non-hydrogen) atoms. The van der Waals surface area contributed by atoms with Gasteiger partial charge in [-0.1, -0.05) is 6.58 Å². The predicted molar refractivity (Wildman–Crippen MR) is 70.0 cm³/mol. The van der Waals surface area contributed by atoms with Crippen LogP contribution in [0, 0.1) is 11.3 Å². The van der Waals surface area contributed by atoms with Crippen LogP contribution in [0.5, 0.6) is 0 Å². The maximum atomic E-state index is 11.0. The zero-order valence-electron chi connectivity index (χ0n) is 11.8. The molecule has 0 heterocycles. The maximum Gasteiger partial charge on any atom is 0.348 e. The van der Waals surface area contributed by atoms with Crippen LogP contribution in [0.2, 0.25) is 0 Å². The molecule has 0 saturated carbocycles. The summed E-state index contributed by atoms with van der Waals surface area (Å²) in [7, 11) is 1.62. The lowest BCUT2D eigenvalue weighted by Crippen LogP contribution is -2.14. The van der Waals surface area contributed by atoms with Gasteiger partial charge in [0.05, 0.1) is 46.2 Å². The van der Waals surface area contributed by atoms with Gasteiger partial charge in [-0.2, -0.15) is 5.26 Å². The molecule has 7 nitrogen and oxygen atoms in total. The summed E-state index contributed by atoms with van der Waals surface area (Å²) < 4.78 is 25.1. The molecule has 0 aromatic carbocycles. The van der Waals surface area contributed by atoms with Crippen LogP contribution < -0.4 is 0 Å². The van der Waals surface area contributed by atoms with Gasteiger partial charge in [-0.05, 0) is 0 Å². The van der Waals surface area contributed by atoms with E-state index < -0.39 is 5.97 Å². The molecule has 0 radical (unpaired) electrons. The van der Waals surface area contributed by atoms with Crippen molar-refractivity contribution < 1.29 is 28.5 Å². The first-order chi connectivity index (χ1) is 9.72. The molecule has 0 aliphatic heterocycles. The number of hydrogen-bond donors (Lipinski definition) is 0. The summed E-state index contributed by atoms with van der Waals surface area (Å²) in [5.74, 6) is -0.722. The summed E-state index contributed by atoms with van der Waals surface area (Å²) in [4.78, 5) is 11.0. The van der Waals surface area contributed by atoms with Crippen LogP contribution in [0.3, 0.4) is 0 Å². The molecule has 0 aromatic heterocycles. The summed E-state index contributed by atoms with van der Waals surface area (Å²) in [6.07, 6.45) is 0. The summed E-state index contributed by atoms with van der Waals surface area (Å²) in [5.41, 5.74) is -0.221. The van der Waals surface area contributed by atoms with Gasteiger partial charge in [-0.15, -0.1) is 0 Å². The highest BCUT2D eigenvalue weighted by atomic mass is 16.6. The first kappa shape index (κ1) is 18.5. The molecule has 0 aliphatic carbocycles. The average Bonchev–Trinajstić information content (AvgIpc) is 2.47. The Morgan fingerprint density at radius 2 is 1.40 bits per heavy atom. The zero-order valence-corrected chi connectivity index (χ0v) is 11.8. The molecule has 0 aliphatic rings. The van der Waals surface area contributed by atoms with Crippen molar-refractivity contribution in [2.75, 3.05) is 60.0 Å². The second kappa shape index (κ2) is 14.0. The molecule has 0 bridgehead atoms. The number of carbonyl (C=O) groups is 1. The molecular formula is C13H21NO6. The largest absolute Gasteiger partial charge is 0.459 e. The van der Waals surface area contributed by atoms with E-state index in [0.717, 1.165) is 0 Å². The van der Waals surface area contributed by atoms with Crippen molar-refractivity contribution in [3.05, 3.63) is 12.2 Å². The number of rotatable bonds is 13. The van der Waals surface area contributed by atoms with Gasteiger partial charge in [-0.25, -0.2) is 4.79 Å². The van der Waals surface area contributed by atoms with E-state index in [9.17, 15) is 4.79 Å². The Bertz CT molecular complexity index is 312. The van der Waals surface area contributed by atoms with Gasteiger partial charge in [0, 0.05) is 7.11 Å². The molecule has 0 spiro atoms. The van der Waals surface area contributed by atoms with E-state index in [4.69, 9.17) is 28.9 Å². The highest BCUT2D eigenvalue weighted by Gasteiger charge is 2.06. The normalized spacial score (nSPS) is 10.0. The number of nitriles is 1. The number of hydrogen-bond acceptors (Lipinski definition) is 7. The minimum Gasteiger partial charge on any atom is -0.459 e. The maximum absolute atomic E-state index is 11.0. The Morgan fingerprint density at radius 3 is 1.85 bits per heavy atom. The number of ether oxygens (including phenoxy) is 5. The van der Waals surface area contributed by atoms with Crippen LogP contribution in [0.25, 0.3) is 0 Å². The molecule has 0 unspecified atom stereocenters. The van der Waals surface area contributed by atoms with Crippen LogP contribution in [0.1, 0.15) is 0 Å². The smallest absolute Gasteiger partial charge is 0.348 e. The van der Waals surface area contributed by atoms with Crippen LogP contribution in [-0.2, 0) is 28.5 Å². The van der Waals surface area contributed by atoms with Gasteiger partial charge in [0.25, 0.3) is 0 Å². The topological polar surface area (TPSA) is 87.0 Å². The van der Waals surface area contributed by atoms with Crippen LogP contribution in [0.4, 0.5) is 0 Å². The molecule has 0 N–H and O–H groups in total. The molecular weight excluding hydrogens is 266 g/mol. The second-order valence-corrected chi connectivity index (χ2v) is 3.56. The predicted octanol–water partition coefficient (Wildman–Crippen LogP) is 0.306. The third-order valence-corrected chi connectivity index (χ3v) is 2.02. The van der Waals surface area contributed by atoms with Crippen LogP contribution in [0.15, 0.2) is 12.2 Å². The minimum atomic E-state index is -0.722. The molecule has 0 saturated heterocycles. The fraction of sp³-hybridized carbons (Fsp3) is 0.692. The van der Waals surface area contributed by atoms with Gasteiger partial charge >= 0.3 is 5.97 Å². The second-order valence-electron chi connectivity index (χ2n) is 3.56. The zero-order chi connectivity index (χ0) is 15.1. The summed E-state index contributed by atoms with van der Waals surface area (Å²) in [6, 6.07) is 1.61. The van der Waals surface area contributed by atoms with E-state index in [1.54, 1.807) is 13.2 Å². The lowest BCUT2D eigenvalue weighted by atomic mass is 10.3. The third-order valence-electron chi connectivity index (χ3n) is 2.02. The first-order valence-electron chi connectivity index (χ1n) is 6.20. The average molecular weight is 287 g/mol. The van der Waals surface area contributed by atoms with Gasteiger partial charge in [0.2, 0.25) is 0 Å².